The number of fused-ring (bicyclic) bond motifs is 1. The lowest BCUT2D eigenvalue weighted by Gasteiger charge is -2.31. The number of benzene rings is 1. The minimum atomic E-state index is -0.0473. The third-order valence-corrected chi connectivity index (χ3v) is 3.69. The molecule has 2 heterocycles. The molecule has 0 aliphatic carbocycles. The van der Waals surface area contributed by atoms with E-state index in [1.165, 1.54) is 0 Å². The van der Waals surface area contributed by atoms with Crippen LogP contribution in [-0.4, -0.2) is 30.8 Å². The number of rotatable bonds is 5. The maximum absolute atomic E-state index is 8.88. The molecule has 1 atom stereocenters. The molecule has 0 saturated carbocycles. The largest absolute Gasteiger partial charge is 0.486 e. The van der Waals surface area contributed by atoms with Gasteiger partial charge in [-0.15, -0.1) is 0 Å². The molecular weight excluding hydrogens is 290 g/mol. The Morgan fingerprint density at radius 2 is 2.09 bits per heavy atom. The van der Waals surface area contributed by atoms with Crippen molar-refractivity contribution in [3.05, 3.63) is 48.2 Å². The van der Waals surface area contributed by atoms with Crippen LogP contribution in [0.5, 0.6) is 11.5 Å². The molecule has 118 valence electrons. The molecule has 5 heteroatoms. The Bertz CT molecular complexity index is 694. The third-order valence-electron chi connectivity index (χ3n) is 3.69. The second kappa shape index (κ2) is 7.01. The van der Waals surface area contributed by atoms with E-state index in [-0.39, 0.29) is 6.10 Å². The highest BCUT2D eigenvalue weighted by atomic mass is 16.6. The zero-order valence-corrected chi connectivity index (χ0v) is 13.1. The fraction of sp³-hybridized carbons (Fsp3) is 0.333. The lowest BCUT2D eigenvalue weighted by molar-refractivity contribution is 0.0951. The zero-order valence-electron chi connectivity index (χ0n) is 13.1. The van der Waals surface area contributed by atoms with E-state index in [1.54, 1.807) is 12.3 Å². The average molecular weight is 309 g/mol. The summed E-state index contributed by atoms with van der Waals surface area (Å²) in [5, 5.41) is 8.88. The Morgan fingerprint density at radius 1 is 1.26 bits per heavy atom. The lowest BCUT2D eigenvalue weighted by Crippen LogP contribution is -2.41. The van der Waals surface area contributed by atoms with Crippen LogP contribution in [0.4, 0.5) is 5.82 Å². The van der Waals surface area contributed by atoms with Crippen molar-refractivity contribution in [3.8, 4) is 17.6 Å². The first-order valence-electron chi connectivity index (χ1n) is 7.79. The molecule has 0 spiro atoms. The predicted octanol–water partition coefficient (Wildman–Crippen LogP) is 3.01. The summed E-state index contributed by atoms with van der Waals surface area (Å²) >= 11 is 0. The van der Waals surface area contributed by atoms with E-state index in [1.807, 2.05) is 30.3 Å². The molecular formula is C18H19N3O2. The smallest absolute Gasteiger partial charge is 0.161 e. The summed E-state index contributed by atoms with van der Waals surface area (Å²) in [4.78, 5) is 6.56. The maximum atomic E-state index is 8.88. The predicted molar refractivity (Wildman–Crippen MR) is 87.8 cm³/mol. The van der Waals surface area contributed by atoms with E-state index in [2.05, 4.69) is 22.9 Å². The van der Waals surface area contributed by atoms with Gasteiger partial charge in [0.05, 0.1) is 12.1 Å². The Kier molecular flexibility index (Phi) is 4.62. The monoisotopic (exact) mass is 309 g/mol. The van der Waals surface area contributed by atoms with Gasteiger partial charge in [0.15, 0.2) is 17.6 Å². The number of hydrogen-bond donors (Lipinski definition) is 0. The first-order valence-corrected chi connectivity index (χ1v) is 7.79. The molecule has 1 aliphatic rings. The van der Waals surface area contributed by atoms with Crippen LogP contribution in [0.1, 0.15) is 18.9 Å². The number of ether oxygens (including phenoxy) is 2. The van der Waals surface area contributed by atoms with Gasteiger partial charge in [0, 0.05) is 12.7 Å². The third kappa shape index (κ3) is 3.54. The molecule has 0 bridgehead atoms. The van der Waals surface area contributed by atoms with Crippen LogP contribution in [0.2, 0.25) is 0 Å². The number of pyridine rings is 1. The Labute approximate surface area is 136 Å². The fourth-order valence-corrected chi connectivity index (χ4v) is 2.61. The molecule has 1 unspecified atom stereocenters. The van der Waals surface area contributed by atoms with Crippen LogP contribution in [0.25, 0.3) is 0 Å². The van der Waals surface area contributed by atoms with Crippen molar-refractivity contribution in [1.82, 2.24) is 4.98 Å². The molecule has 0 fully saturated rings. The number of para-hydroxylation sites is 2. The zero-order chi connectivity index (χ0) is 16.1. The molecule has 3 rings (SSSR count). The Morgan fingerprint density at radius 3 is 2.78 bits per heavy atom. The highest BCUT2D eigenvalue weighted by Crippen LogP contribution is 2.31. The van der Waals surface area contributed by atoms with Gasteiger partial charge in [0.2, 0.25) is 0 Å². The fourth-order valence-electron chi connectivity index (χ4n) is 2.61. The van der Waals surface area contributed by atoms with Crippen molar-refractivity contribution in [2.24, 2.45) is 0 Å². The van der Waals surface area contributed by atoms with Crippen LogP contribution in [0.15, 0.2) is 42.6 Å². The lowest BCUT2D eigenvalue weighted by atomic mass is 10.2. The van der Waals surface area contributed by atoms with E-state index in [9.17, 15) is 0 Å². The Hall–Kier alpha value is -2.74. The van der Waals surface area contributed by atoms with Crippen molar-refractivity contribution < 1.29 is 9.47 Å². The van der Waals surface area contributed by atoms with Crippen LogP contribution >= 0.6 is 0 Å². The van der Waals surface area contributed by atoms with E-state index in [0.29, 0.717) is 18.7 Å². The van der Waals surface area contributed by atoms with E-state index in [0.717, 1.165) is 30.3 Å². The standard InChI is InChI=1S/C18H19N3O2/c1-2-9-21(18-8-7-14(10-19)11-20-18)12-15-13-22-16-5-3-4-6-17(16)23-15/h3-8,11,15H,2,9,12-13H2,1H3. The molecule has 1 aromatic carbocycles. The summed E-state index contributed by atoms with van der Waals surface area (Å²) in [5.74, 6) is 2.43. The second-order valence-electron chi connectivity index (χ2n) is 5.46. The van der Waals surface area contributed by atoms with Gasteiger partial charge in [0.25, 0.3) is 0 Å². The molecule has 0 amide bonds. The summed E-state index contributed by atoms with van der Waals surface area (Å²) < 4.78 is 11.8. The molecule has 1 aliphatic heterocycles. The van der Waals surface area contributed by atoms with Crippen molar-refractivity contribution in [2.45, 2.75) is 19.4 Å². The summed E-state index contributed by atoms with van der Waals surface area (Å²) in [6, 6.07) is 13.5. The quantitative estimate of drug-likeness (QED) is 0.849. The molecule has 0 radical (unpaired) electrons. The maximum Gasteiger partial charge on any atom is 0.161 e. The molecule has 23 heavy (non-hydrogen) atoms. The van der Waals surface area contributed by atoms with E-state index < -0.39 is 0 Å². The van der Waals surface area contributed by atoms with Gasteiger partial charge in [-0.3, -0.25) is 0 Å². The first-order chi connectivity index (χ1) is 11.3. The van der Waals surface area contributed by atoms with E-state index in [4.69, 9.17) is 14.7 Å². The minimum absolute atomic E-state index is 0.0473. The highest BCUT2D eigenvalue weighted by molar-refractivity contribution is 5.43. The summed E-state index contributed by atoms with van der Waals surface area (Å²) in [7, 11) is 0. The normalized spacial score (nSPS) is 15.7. The number of aromatic nitrogens is 1. The molecule has 5 nitrogen and oxygen atoms in total. The number of nitrogens with zero attached hydrogens (tertiary/aromatic N) is 3. The summed E-state index contributed by atoms with van der Waals surface area (Å²) in [5.41, 5.74) is 0.566. The second-order valence-corrected chi connectivity index (χ2v) is 5.46. The SMILES string of the molecule is CCCN(CC1COc2ccccc2O1)c1ccc(C#N)cn1. The molecule has 0 saturated heterocycles. The number of hydrogen-bond acceptors (Lipinski definition) is 5. The van der Waals surface area contributed by atoms with Crippen LogP contribution < -0.4 is 14.4 Å². The van der Waals surface area contributed by atoms with Gasteiger partial charge in [-0.2, -0.15) is 5.26 Å². The Balaban J connectivity index is 1.71. The van der Waals surface area contributed by atoms with Crippen LogP contribution in [0.3, 0.4) is 0 Å². The summed E-state index contributed by atoms with van der Waals surface area (Å²) in [6.45, 7) is 4.22. The van der Waals surface area contributed by atoms with Gasteiger partial charge in [-0.25, -0.2) is 4.98 Å². The van der Waals surface area contributed by atoms with Gasteiger partial charge >= 0.3 is 0 Å². The van der Waals surface area contributed by atoms with Gasteiger partial charge < -0.3 is 14.4 Å². The topological polar surface area (TPSA) is 58.4 Å². The van der Waals surface area contributed by atoms with Crippen molar-refractivity contribution in [3.63, 3.8) is 0 Å². The van der Waals surface area contributed by atoms with Crippen LogP contribution in [-0.2, 0) is 0 Å². The van der Waals surface area contributed by atoms with Crippen molar-refractivity contribution in [2.75, 3.05) is 24.6 Å². The van der Waals surface area contributed by atoms with Crippen molar-refractivity contribution >= 4 is 5.82 Å². The average Bonchev–Trinajstić information content (AvgIpc) is 2.61. The van der Waals surface area contributed by atoms with Gasteiger partial charge in [0.1, 0.15) is 18.5 Å². The number of anilines is 1. The molecule has 1 aromatic heterocycles. The number of nitriles is 1. The van der Waals surface area contributed by atoms with Gasteiger partial charge in [-0.05, 0) is 30.7 Å². The van der Waals surface area contributed by atoms with E-state index >= 15 is 0 Å². The minimum Gasteiger partial charge on any atom is -0.486 e. The molecule has 0 N–H and O–H groups in total. The van der Waals surface area contributed by atoms with Crippen LogP contribution in [0, 0.1) is 11.3 Å². The first kappa shape index (κ1) is 15.2. The highest BCUT2D eigenvalue weighted by Gasteiger charge is 2.23. The van der Waals surface area contributed by atoms with Crippen molar-refractivity contribution in [1.29, 1.82) is 5.26 Å². The molecule has 2 aromatic rings. The summed E-state index contributed by atoms with van der Waals surface area (Å²) in [6.07, 6.45) is 2.56. The van der Waals surface area contributed by atoms with Gasteiger partial charge in [-0.1, -0.05) is 19.1 Å².